The van der Waals surface area contributed by atoms with E-state index in [9.17, 15) is 13.2 Å². The lowest BCUT2D eigenvalue weighted by molar-refractivity contribution is 0.0730. The van der Waals surface area contributed by atoms with Crippen LogP contribution in [-0.2, 0) is 14.8 Å². The average Bonchev–Trinajstić information content (AvgIpc) is 3.42. The molecule has 4 aliphatic rings. The largest absolute Gasteiger partial charge is 0.379 e. The third-order valence-corrected chi connectivity index (χ3v) is 9.38. The molecule has 1 N–H and O–H groups in total. The molecule has 0 aromatic heterocycles. The molecule has 5 rings (SSSR count). The standard InChI is InChI=1S/C21H28N2O4S/c24-21(22-20-13-15-12-19(20)18-3-1-2-17(15)18)14-4-6-16(7-5-14)28(25,26)23-8-10-27-11-9-23/h4-7,15,17-20H,1-3,8-13H2,(H,22,24). The molecule has 28 heavy (non-hydrogen) atoms. The minimum atomic E-state index is -3.52. The first-order valence-electron chi connectivity index (χ1n) is 10.5. The summed E-state index contributed by atoms with van der Waals surface area (Å²) in [6, 6.07) is 6.65. The second-order valence-electron chi connectivity index (χ2n) is 8.77. The summed E-state index contributed by atoms with van der Waals surface area (Å²) in [5.74, 6) is 3.07. The van der Waals surface area contributed by atoms with Crippen molar-refractivity contribution in [1.82, 2.24) is 9.62 Å². The predicted molar refractivity (Wildman–Crippen MR) is 104 cm³/mol. The van der Waals surface area contributed by atoms with Crippen LogP contribution in [0.5, 0.6) is 0 Å². The molecular formula is C21H28N2O4S. The SMILES string of the molecule is O=C(NC1CC2CC1C1CCCC21)c1ccc(S(=O)(=O)N2CCOCC2)cc1. The maximum absolute atomic E-state index is 12.7. The molecule has 3 aliphatic carbocycles. The highest BCUT2D eigenvalue weighted by atomic mass is 32.2. The number of nitrogens with one attached hydrogen (secondary N) is 1. The van der Waals surface area contributed by atoms with Gasteiger partial charge < -0.3 is 10.1 Å². The van der Waals surface area contributed by atoms with Gasteiger partial charge in [-0.1, -0.05) is 6.42 Å². The Morgan fingerprint density at radius 2 is 1.71 bits per heavy atom. The molecule has 1 aliphatic heterocycles. The first-order valence-corrected chi connectivity index (χ1v) is 12.0. The molecule has 0 radical (unpaired) electrons. The highest BCUT2D eigenvalue weighted by molar-refractivity contribution is 7.89. The summed E-state index contributed by atoms with van der Waals surface area (Å²) in [5.41, 5.74) is 0.534. The Hall–Kier alpha value is -1.44. The lowest BCUT2D eigenvalue weighted by Crippen LogP contribution is -2.42. The van der Waals surface area contributed by atoms with E-state index in [0.717, 1.165) is 24.2 Å². The highest BCUT2D eigenvalue weighted by Crippen LogP contribution is 2.58. The van der Waals surface area contributed by atoms with Gasteiger partial charge in [-0.15, -0.1) is 0 Å². The van der Waals surface area contributed by atoms with E-state index in [0.29, 0.717) is 37.8 Å². The maximum atomic E-state index is 12.7. The Labute approximate surface area is 166 Å². The predicted octanol–water partition coefficient (Wildman–Crippen LogP) is 2.26. The van der Waals surface area contributed by atoms with Gasteiger partial charge in [0.15, 0.2) is 0 Å². The lowest BCUT2D eigenvalue weighted by atomic mass is 9.79. The van der Waals surface area contributed by atoms with E-state index in [1.807, 2.05) is 0 Å². The molecular weight excluding hydrogens is 376 g/mol. The van der Waals surface area contributed by atoms with Crippen LogP contribution in [0.3, 0.4) is 0 Å². The van der Waals surface area contributed by atoms with Crippen LogP contribution in [0, 0.1) is 23.7 Å². The van der Waals surface area contributed by atoms with Crippen molar-refractivity contribution in [2.24, 2.45) is 23.7 Å². The molecule has 1 saturated heterocycles. The molecule has 4 fully saturated rings. The number of carbonyl (C=O) groups is 1. The van der Waals surface area contributed by atoms with Crippen molar-refractivity contribution in [3.05, 3.63) is 29.8 Å². The van der Waals surface area contributed by atoms with Gasteiger partial charge in [-0.3, -0.25) is 4.79 Å². The number of amides is 1. The fourth-order valence-electron chi connectivity index (χ4n) is 6.20. The minimum Gasteiger partial charge on any atom is -0.379 e. The van der Waals surface area contributed by atoms with Gasteiger partial charge in [0, 0.05) is 24.7 Å². The smallest absolute Gasteiger partial charge is 0.251 e. The second-order valence-corrected chi connectivity index (χ2v) is 10.7. The fraction of sp³-hybridized carbons (Fsp3) is 0.667. The summed E-state index contributed by atoms with van der Waals surface area (Å²) >= 11 is 0. The Balaban J connectivity index is 1.25. The lowest BCUT2D eigenvalue weighted by Gasteiger charge is -2.32. The Morgan fingerprint density at radius 3 is 2.46 bits per heavy atom. The van der Waals surface area contributed by atoms with Crippen molar-refractivity contribution in [2.75, 3.05) is 26.3 Å². The van der Waals surface area contributed by atoms with Crippen LogP contribution >= 0.6 is 0 Å². The van der Waals surface area contributed by atoms with Crippen molar-refractivity contribution in [1.29, 1.82) is 0 Å². The maximum Gasteiger partial charge on any atom is 0.251 e. The van der Waals surface area contributed by atoms with Gasteiger partial charge in [0.1, 0.15) is 0 Å². The van der Waals surface area contributed by atoms with E-state index in [4.69, 9.17) is 4.74 Å². The van der Waals surface area contributed by atoms with Gasteiger partial charge in [-0.25, -0.2) is 8.42 Å². The molecule has 5 atom stereocenters. The van der Waals surface area contributed by atoms with Crippen molar-refractivity contribution < 1.29 is 17.9 Å². The number of sulfonamides is 1. The number of rotatable bonds is 4. The van der Waals surface area contributed by atoms with Crippen LogP contribution in [0.25, 0.3) is 0 Å². The van der Waals surface area contributed by atoms with Gasteiger partial charge in [0.2, 0.25) is 10.0 Å². The quantitative estimate of drug-likeness (QED) is 0.835. The van der Waals surface area contributed by atoms with E-state index in [1.165, 1.54) is 30.0 Å². The number of carbonyl (C=O) groups excluding carboxylic acids is 1. The Morgan fingerprint density at radius 1 is 1.00 bits per heavy atom. The van der Waals surface area contributed by atoms with Crippen LogP contribution in [0.1, 0.15) is 42.5 Å². The monoisotopic (exact) mass is 404 g/mol. The molecule has 3 saturated carbocycles. The summed E-state index contributed by atoms with van der Waals surface area (Å²) in [5, 5.41) is 3.25. The normalized spacial score (nSPS) is 35.1. The second kappa shape index (κ2) is 7.11. The summed E-state index contributed by atoms with van der Waals surface area (Å²) in [6.07, 6.45) is 6.44. The topological polar surface area (TPSA) is 75.7 Å². The molecule has 1 aromatic carbocycles. The number of hydrogen-bond acceptors (Lipinski definition) is 4. The van der Waals surface area contributed by atoms with E-state index in [2.05, 4.69) is 5.32 Å². The number of benzene rings is 1. The van der Waals surface area contributed by atoms with Crippen molar-refractivity contribution in [2.45, 2.75) is 43.0 Å². The van der Waals surface area contributed by atoms with E-state index in [1.54, 1.807) is 24.3 Å². The van der Waals surface area contributed by atoms with Crippen LogP contribution < -0.4 is 5.32 Å². The summed E-state index contributed by atoms with van der Waals surface area (Å²) in [6.45, 7) is 1.59. The summed E-state index contributed by atoms with van der Waals surface area (Å²) in [7, 11) is -3.52. The highest BCUT2D eigenvalue weighted by Gasteiger charge is 2.54. The zero-order chi connectivity index (χ0) is 19.3. The third-order valence-electron chi connectivity index (χ3n) is 7.47. The molecule has 6 nitrogen and oxygen atoms in total. The van der Waals surface area contributed by atoms with Gasteiger partial charge in [-0.05, 0) is 73.6 Å². The van der Waals surface area contributed by atoms with E-state index >= 15 is 0 Å². The molecule has 1 amide bonds. The number of nitrogens with zero attached hydrogens (tertiary/aromatic N) is 1. The molecule has 2 bridgehead atoms. The number of morpholine rings is 1. The van der Waals surface area contributed by atoms with Crippen molar-refractivity contribution in [3.63, 3.8) is 0 Å². The molecule has 7 heteroatoms. The van der Waals surface area contributed by atoms with Gasteiger partial charge in [-0.2, -0.15) is 4.31 Å². The summed E-state index contributed by atoms with van der Waals surface area (Å²) < 4.78 is 32.1. The van der Waals surface area contributed by atoms with Crippen LogP contribution in [0.2, 0.25) is 0 Å². The first-order chi connectivity index (χ1) is 13.5. The van der Waals surface area contributed by atoms with Gasteiger partial charge >= 0.3 is 0 Å². The molecule has 152 valence electrons. The zero-order valence-electron chi connectivity index (χ0n) is 16.0. The zero-order valence-corrected chi connectivity index (χ0v) is 16.9. The fourth-order valence-corrected chi connectivity index (χ4v) is 7.61. The molecule has 5 unspecified atom stereocenters. The molecule has 1 heterocycles. The van der Waals surface area contributed by atoms with Gasteiger partial charge in [0.05, 0.1) is 18.1 Å². The van der Waals surface area contributed by atoms with Gasteiger partial charge in [0.25, 0.3) is 5.91 Å². The Bertz CT molecular complexity index is 848. The van der Waals surface area contributed by atoms with Crippen LogP contribution in [0.4, 0.5) is 0 Å². The molecule has 0 spiro atoms. The summed E-state index contributed by atoms with van der Waals surface area (Å²) in [4.78, 5) is 13.0. The van der Waals surface area contributed by atoms with E-state index < -0.39 is 10.0 Å². The minimum absolute atomic E-state index is 0.0811. The van der Waals surface area contributed by atoms with Crippen molar-refractivity contribution in [3.8, 4) is 0 Å². The van der Waals surface area contributed by atoms with Crippen LogP contribution in [-0.4, -0.2) is 51.0 Å². The van der Waals surface area contributed by atoms with Crippen molar-refractivity contribution >= 4 is 15.9 Å². The number of hydrogen-bond donors (Lipinski definition) is 1. The number of fused-ring (bicyclic) bond motifs is 5. The average molecular weight is 405 g/mol. The molecule has 1 aromatic rings. The first kappa shape index (κ1) is 18.6. The number of ether oxygens (including phenoxy) is 1. The Kier molecular flexibility index (Phi) is 4.72. The third kappa shape index (κ3) is 3.08. The van der Waals surface area contributed by atoms with E-state index in [-0.39, 0.29) is 16.8 Å². The van der Waals surface area contributed by atoms with Crippen LogP contribution in [0.15, 0.2) is 29.2 Å².